The topological polar surface area (TPSA) is 0 Å². The zero-order chi connectivity index (χ0) is 12.6. The van der Waals surface area contributed by atoms with Gasteiger partial charge in [-0.15, -0.1) is 0 Å². The molecule has 1 aromatic carbocycles. The quantitative estimate of drug-likeness (QED) is 0.720. The predicted molar refractivity (Wildman–Crippen MR) is 77.4 cm³/mol. The first-order valence-electron chi connectivity index (χ1n) is 5.43. The van der Waals surface area contributed by atoms with Crippen LogP contribution in [0.5, 0.6) is 0 Å². The highest BCUT2D eigenvalue weighted by molar-refractivity contribution is 5.64. The fourth-order valence-electron chi connectivity index (χ4n) is 1.33. The smallest absolute Gasteiger partial charge is 0.0184 e. The Morgan fingerprint density at radius 3 is 1.88 bits per heavy atom. The van der Waals surface area contributed by atoms with E-state index in [4.69, 9.17) is 0 Å². The Balaban J connectivity index is 0.00000106. The van der Waals surface area contributed by atoms with Gasteiger partial charge in [0.1, 0.15) is 0 Å². The summed E-state index contributed by atoms with van der Waals surface area (Å²) in [5, 5.41) is 2.05. The second kappa shape index (κ2) is 7.47. The molecule has 16 heavy (non-hydrogen) atoms. The van der Waals surface area contributed by atoms with E-state index in [1.165, 1.54) is 0 Å². The number of hydrogen-bond donors (Lipinski definition) is 0. The van der Waals surface area contributed by atoms with E-state index in [0.29, 0.717) is 0 Å². The van der Waals surface area contributed by atoms with Crippen LogP contribution in [0.4, 0.5) is 0 Å². The third-order valence-electron chi connectivity index (χ3n) is 2.08. The number of hydrogen-bond acceptors (Lipinski definition) is 0. The van der Waals surface area contributed by atoms with Crippen molar-refractivity contribution in [2.24, 2.45) is 0 Å². The van der Waals surface area contributed by atoms with Crippen LogP contribution in [0.2, 0.25) is 0 Å². The van der Waals surface area contributed by atoms with Crippen molar-refractivity contribution in [1.82, 2.24) is 0 Å². The van der Waals surface area contributed by atoms with Crippen LogP contribution in [0.15, 0.2) is 37.9 Å². The molecule has 0 saturated heterocycles. The Morgan fingerprint density at radius 1 is 0.938 bits per heavy atom. The molecule has 0 saturated carbocycles. The van der Waals surface area contributed by atoms with E-state index in [2.05, 4.69) is 26.3 Å². The normalized spacial score (nSPS) is 10.0. The van der Waals surface area contributed by atoms with E-state index in [1.54, 1.807) is 6.08 Å². The summed E-state index contributed by atoms with van der Waals surface area (Å²) in [5.74, 6) is 0. The SMILES string of the molecule is C=C/C=c1/cc(C=C)c(C=C)cc1=C.CC. The Labute approximate surface area is 98.6 Å². The molecular formula is C16H20. The monoisotopic (exact) mass is 212 g/mol. The lowest BCUT2D eigenvalue weighted by Crippen LogP contribution is -2.23. The number of benzene rings is 1. The van der Waals surface area contributed by atoms with Crippen LogP contribution < -0.4 is 10.4 Å². The highest BCUT2D eigenvalue weighted by Gasteiger charge is 1.94. The molecule has 84 valence electrons. The van der Waals surface area contributed by atoms with Gasteiger partial charge >= 0.3 is 0 Å². The van der Waals surface area contributed by atoms with Gasteiger partial charge in [0.05, 0.1) is 0 Å². The van der Waals surface area contributed by atoms with E-state index in [0.717, 1.165) is 21.6 Å². The molecule has 0 aromatic heterocycles. The molecule has 1 rings (SSSR count). The largest absolute Gasteiger partial charge is 0.0990 e. The predicted octanol–water partition coefficient (Wildman–Crippen LogP) is 3.38. The maximum atomic E-state index is 3.96. The molecule has 0 heteroatoms. The lowest BCUT2D eigenvalue weighted by Gasteiger charge is -2.00. The van der Waals surface area contributed by atoms with Crippen LogP contribution in [0.3, 0.4) is 0 Å². The van der Waals surface area contributed by atoms with Crippen molar-refractivity contribution in [3.05, 3.63) is 59.5 Å². The van der Waals surface area contributed by atoms with Gasteiger partial charge in [0.25, 0.3) is 0 Å². The third kappa shape index (κ3) is 3.39. The second-order valence-corrected chi connectivity index (χ2v) is 2.99. The molecule has 0 radical (unpaired) electrons. The van der Waals surface area contributed by atoms with Crippen LogP contribution in [0.25, 0.3) is 24.8 Å². The van der Waals surface area contributed by atoms with E-state index in [9.17, 15) is 0 Å². The highest BCUT2D eigenvalue weighted by atomic mass is 14.0. The molecule has 0 unspecified atom stereocenters. The summed E-state index contributed by atoms with van der Waals surface area (Å²) in [5.41, 5.74) is 2.13. The summed E-state index contributed by atoms with van der Waals surface area (Å²) in [4.78, 5) is 0. The molecule has 0 bridgehead atoms. The minimum absolute atomic E-state index is 0.977. The van der Waals surface area contributed by atoms with Crippen molar-refractivity contribution in [1.29, 1.82) is 0 Å². The van der Waals surface area contributed by atoms with Crippen LogP contribution >= 0.6 is 0 Å². The standard InChI is InChI=1S/C14H14.C2H6/c1-5-8-14-10-13(7-3)12(6-2)9-11(14)4;1-2/h5-10H,1-4H2;1-2H3/b14-8-;. The van der Waals surface area contributed by atoms with Gasteiger partial charge in [-0.3, -0.25) is 0 Å². The first-order valence-corrected chi connectivity index (χ1v) is 5.43. The summed E-state index contributed by atoms with van der Waals surface area (Å²) in [6, 6.07) is 4.04. The molecule has 0 spiro atoms. The van der Waals surface area contributed by atoms with E-state index < -0.39 is 0 Å². The van der Waals surface area contributed by atoms with Crippen molar-refractivity contribution in [3.63, 3.8) is 0 Å². The van der Waals surface area contributed by atoms with E-state index in [-0.39, 0.29) is 0 Å². The summed E-state index contributed by atoms with van der Waals surface area (Å²) in [7, 11) is 0. The summed E-state index contributed by atoms with van der Waals surface area (Å²) in [6.45, 7) is 19.1. The molecule has 0 aliphatic carbocycles. The Kier molecular flexibility index (Phi) is 6.62. The van der Waals surface area contributed by atoms with Crippen LogP contribution in [-0.2, 0) is 0 Å². The maximum absolute atomic E-state index is 3.96. The first-order chi connectivity index (χ1) is 7.72. The molecule has 0 atom stereocenters. The Hall–Kier alpha value is -1.82. The van der Waals surface area contributed by atoms with Crippen LogP contribution in [-0.4, -0.2) is 0 Å². The summed E-state index contributed by atoms with van der Waals surface area (Å²) >= 11 is 0. The number of allylic oxidation sites excluding steroid dienone is 1. The molecule has 0 fully saturated rings. The molecular weight excluding hydrogens is 192 g/mol. The molecule has 0 N–H and O–H groups in total. The zero-order valence-electron chi connectivity index (χ0n) is 10.3. The van der Waals surface area contributed by atoms with Gasteiger partial charge < -0.3 is 0 Å². The van der Waals surface area contributed by atoms with Crippen molar-refractivity contribution < 1.29 is 0 Å². The average molecular weight is 212 g/mol. The van der Waals surface area contributed by atoms with Gasteiger partial charge in [-0.2, -0.15) is 0 Å². The van der Waals surface area contributed by atoms with Gasteiger partial charge in [0.15, 0.2) is 0 Å². The fourth-order valence-corrected chi connectivity index (χ4v) is 1.33. The van der Waals surface area contributed by atoms with Crippen molar-refractivity contribution in [2.45, 2.75) is 13.8 Å². The first kappa shape index (κ1) is 14.2. The average Bonchev–Trinajstić information content (AvgIpc) is 2.34. The highest BCUT2D eigenvalue weighted by Crippen LogP contribution is 2.06. The molecule has 1 aromatic rings. The summed E-state index contributed by atoms with van der Waals surface area (Å²) < 4.78 is 0. The minimum atomic E-state index is 0.977. The van der Waals surface area contributed by atoms with E-state index in [1.807, 2.05) is 44.2 Å². The minimum Gasteiger partial charge on any atom is -0.0990 e. The van der Waals surface area contributed by atoms with Gasteiger partial charge in [-0.1, -0.05) is 64.5 Å². The maximum Gasteiger partial charge on any atom is -0.0184 e. The van der Waals surface area contributed by atoms with Gasteiger partial charge in [0, 0.05) is 0 Å². The number of rotatable bonds is 3. The van der Waals surface area contributed by atoms with Crippen LogP contribution in [0, 0.1) is 0 Å². The molecule has 0 heterocycles. The Morgan fingerprint density at radius 2 is 1.44 bits per heavy atom. The van der Waals surface area contributed by atoms with Crippen molar-refractivity contribution >= 4 is 24.8 Å². The van der Waals surface area contributed by atoms with Gasteiger partial charge in [-0.05, 0) is 33.7 Å². The fraction of sp³-hybridized carbons (Fsp3) is 0.125. The third-order valence-corrected chi connectivity index (χ3v) is 2.08. The van der Waals surface area contributed by atoms with E-state index >= 15 is 0 Å². The molecule has 0 aliphatic rings. The molecule has 0 amide bonds. The Bertz CT molecular complexity index is 475. The summed E-state index contributed by atoms with van der Waals surface area (Å²) in [6.07, 6.45) is 7.31. The molecule has 0 nitrogen and oxygen atoms in total. The van der Waals surface area contributed by atoms with Crippen molar-refractivity contribution in [3.8, 4) is 0 Å². The lowest BCUT2D eigenvalue weighted by atomic mass is 10.0. The van der Waals surface area contributed by atoms with Gasteiger partial charge in [0.2, 0.25) is 0 Å². The molecule has 0 aliphatic heterocycles. The van der Waals surface area contributed by atoms with Crippen LogP contribution in [0.1, 0.15) is 25.0 Å². The van der Waals surface area contributed by atoms with Gasteiger partial charge in [-0.25, -0.2) is 0 Å². The zero-order valence-corrected chi connectivity index (χ0v) is 10.3. The van der Waals surface area contributed by atoms with Crippen molar-refractivity contribution in [2.75, 3.05) is 0 Å². The lowest BCUT2D eigenvalue weighted by molar-refractivity contribution is 1.49. The second-order valence-electron chi connectivity index (χ2n) is 2.99.